The van der Waals surface area contributed by atoms with Crippen LogP contribution in [0.4, 0.5) is 0 Å². The molecule has 0 aliphatic rings. The van der Waals surface area contributed by atoms with E-state index in [0.717, 1.165) is 17.5 Å². The fraction of sp³-hybridized carbons (Fsp3) is 0.143. The van der Waals surface area contributed by atoms with Gasteiger partial charge in [-0.1, -0.05) is 23.8 Å². The molecule has 0 atom stereocenters. The Hall–Kier alpha value is -1.96. The highest BCUT2D eigenvalue weighted by atomic mass is 16.1. The number of pyridine rings is 1. The number of hydrogen-bond donors (Lipinski definition) is 0. The van der Waals surface area contributed by atoms with E-state index in [-0.39, 0.29) is 0 Å². The number of aryl methyl sites for hydroxylation is 2. The Labute approximate surface area is 95.0 Å². The molecule has 16 heavy (non-hydrogen) atoms. The Morgan fingerprint density at radius 2 is 1.94 bits per heavy atom. The summed E-state index contributed by atoms with van der Waals surface area (Å²) in [5.74, 6) is 0. The van der Waals surface area contributed by atoms with E-state index in [1.807, 2.05) is 26.0 Å². The Bertz CT molecular complexity index is 532. The summed E-state index contributed by atoms with van der Waals surface area (Å²) in [5.41, 5.74) is 4.77. The molecule has 1 aromatic carbocycles. The quantitative estimate of drug-likeness (QED) is 0.714. The van der Waals surface area contributed by atoms with Gasteiger partial charge in [-0.25, -0.2) is 4.98 Å². The van der Waals surface area contributed by atoms with Gasteiger partial charge in [0.2, 0.25) is 0 Å². The first-order chi connectivity index (χ1) is 7.70. The van der Waals surface area contributed by atoms with Crippen LogP contribution in [0, 0.1) is 13.8 Å². The summed E-state index contributed by atoms with van der Waals surface area (Å²) in [4.78, 5) is 15.0. The smallest absolute Gasteiger partial charge is 0.168 e. The summed E-state index contributed by atoms with van der Waals surface area (Å²) in [6.07, 6.45) is 0.772. The topological polar surface area (TPSA) is 30.0 Å². The van der Waals surface area contributed by atoms with Crippen molar-refractivity contribution in [3.63, 3.8) is 0 Å². The van der Waals surface area contributed by atoms with Gasteiger partial charge in [-0.15, -0.1) is 0 Å². The molecule has 1 aromatic heterocycles. The molecule has 0 radical (unpaired) electrons. The van der Waals surface area contributed by atoms with Gasteiger partial charge in [0.25, 0.3) is 0 Å². The van der Waals surface area contributed by atoms with Gasteiger partial charge in [-0.05, 0) is 37.6 Å². The third-order valence-corrected chi connectivity index (χ3v) is 2.56. The van der Waals surface area contributed by atoms with Crippen molar-refractivity contribution in [1.82, 2.24) is 4.98 Å². The van der Waals surface area contributed by atoms with Crippen LogP contribution in [0.25, 0.3) is 11.3 Å². The molecule has 0 unspecified atom stereocenters. The molecule has 0 N–H and O–H groups in total. The van der Waals surface area contributed by atoms with E-state index in [1.54, 1.807) is 6.07 Å². The average molecular weight is 211 g/mol. The normalized spacial score (nSPS) is 10.1. The van der Waals surface area contributed by atoms with Gasteiger partial charge in [-0.2, -0.15) is 0 Å². The van der Waals surface area contributed by atoms with Crippen LogP contribution in [-0.2, 0) is 0 Å². The SMILES string of the molecule is Cc1ccc(C)c(-c2cccc(C=O)n2)c1. The van der Waals surface area contributed by atoms with Crippen molar-refractivity contribution in [3.8, 4) is 11.3 Å². The van der Waals surface area contributed by atoms with Crippen LogP contribution in [0.5, 0.6) is 0 Å². The summed E-state index contributed by atoms with van der Waals surface area (Å²) in [5, 5.41) is 0. The van der Waals surface area contributed by atoms with Crippen LogP contribution >= 0.6 is 0 Å². The van der Waals surface area contributed by atoms with Gasteiger partial charge in [0, 0.05) is 5.56 Å². The number of carbonyl (C=O) groups excluding carboxylic acids is 1. The second-order valence-electron chi connectivity index (χ2n) is 3.88. The molecule has 0 saturated carbocycles. The zero-order valence-electron chi connectivity index (χ0n) is 9.40. The molecule has 0 fully saturated rings. The molecule has 80 valence electrons. The fourth-order valence-corrected chi connectivity index (χ4v) is 1.68. The lowest BCUT2D eigenvalue weighted by Gasteiger charge is -2.06. The second kappa shape index (κ2) is 4.27. The molecule has 0 aliphatic heterocycles. The van der Waals surface area contributed by atoms with Crippen LogP contribution in [0.3, 0.4) is 0 Å². The van der Waals surface area contributed by atoms with Gasteiger partial charge in [-0.3, -0.25) is 4.79 Å². The molecule has 1 heterocycles. The highest BCUT2D eigenvalue weighted by Gasteiger charge is 2.04. The monoisotopic (exact) mass is 211 g/mol. The largest absolute Gasteiger partial charge is 0.296 e. The lowest BCUT2D eigenvalue weighted by molar-refractivity contribution is 0.111. The highest BCUT2D eigenvalue weighted by molar-refractivity contribution is 5.74. The number of carbonyl (C=O) groups is 1. The molecule has 2 aromatic rings. The average Bonchev–Trinajstić information content (AvgIpc) is 2.32. The van der Waals surface area contributed by atoms with Crippen LogP contribution in [0.2, 0.25) is 0 Å². The van der Waals surface area contributed by atoms with E-state index in [0.29, 0.717) is 5.69 Å². The van der Waals surface area contributed by atoms with Crippen LogP contribution in [0.1, 0.15) is 21.6 Å². The minimum absolute atomic E-state index is 0.471. The van der Waals surface area contributed by atoms with Gasteiger partial charge in [0.1, 0.15) is 5.69 Å². The minimum Gasteiger partial charge on any atom is -0.296 e. The summed E-state index contributed by atoms with van der Waals surface area (Å²) >= 11 is 0. The predicted octanol–water partition coefficient (Wildman–Crippen LogP) is 3.18. The molecule has 0 saturated heterocycles. The lowest BCUT2D eigenvalue weighted by Crippen LogP contribution is -1.92. The van der Waals surface area contributed by atoms with E-state index < -0.39 is 0 Å². The molecule has 2 rings (SSSR count). The third-order valence-electron chi connectivity index (χ3n) is 2.56. The molecular weight excluding hydrogens is 198 g/mol. The number of hydrogen-bond acceptors (Lipinski definition) is 2. The van der Waals surface area contributed by atoms with Crippen molar-refractivity contribution in [2.24, 2.45) is 0 Å². The van der Waals surface area contributed by atoms with Gasteiger partial charge in [0.05, 0.1) is 5.69 Å². The molecule has 0 amide bonds. The fourth-order valence-electron chi connectivity index (χ4n) is 1.68. The van der Waals surface area contributed by atoms with Crippen molar-refractivity contribution in [2.45, 2.75) is 13.8 Å². The second-order valence-corrected chi connectivity index (χ2v) is 3.88. The van der Waals surface area contributed by atoms with Crippen LogP contribution < -0.4 is 0 Å². The maximum Gasteiger partial charge on any atom is 0.168 e. The maximum atomic E-state index is 10.7. The van der Waals surface area contributed by atoms with Crippen molar-refractivity contribution >= 4 is 6.29 Å². The van der Waals surface area contributed by atoms with E-state index in [2.05, 4.69) is 23.2 Å². The third kappa shape index (κ3) is 2.01. The number of aromatic nitrogens is 1. The van der Waals surface area contributed by atoms with E-state index in [4.69, 9.17) is 0 Å². The minimum atomic E-state index is 0.471. The standard InChI is InChI=1S/C14H13NO/c1-10-6-7-11(2)13(8-10)14-5-3-4-12(9-16)15-14/h3-9H,1-2H3. The van der Waals surface area contributed by atoms with Gasteiger partial charge >= 0.3 is 0 Å². The molecule has 2 heteroatoms. The van der Waals surface area contributed by atoms with E-state index in [9.17, 15) is 4.79 Å². The van der Waals surface area contributed by atoms with Gasteiger partial charge < -0.3 is 0 Å². The van der Waals surface area contributed by atoms with Crippen molar-refractivity contribution in [1.29, 1.82) is 0 Å². The number of aldehydes is 1. The number of benzene rings is 1. The zero-order valence-corrected chi connectivity index (χ0v) is 9.40. The molecule has 0 aliphatic carbocycles. The molecule has 0 spiro atoms. The zero-order chi connectivity index (χ0) is 11.5. The molecular formula is C14H13NO. The summed E-state index contributed by atoms with van der Waals surface area (Å²) < 4.78 is 0. The lowest BCUT2D eigenvalue weighted by atomic mass is 10.0. The first-order valence-electron chi connectivity index (χ1n) is 5.20. The van der Waals surface area contributed by atoms with E-state index in [1.165, 1.54) is 11.1 Å². The molecule has 2 nitrogen and oxygen atoms in total. The van der Waals surface area contributed by atoms with Crippen molar-refractivity contribution in [2.75, 3.05) is 0 Å². The first kappa shape index (κ1) is 10.6. The van der Waals surface area contributed by atoms with Crippen molar-refractivity contribution < 1.29 is 4.79 Å². The highest BCUT2D eigenvalue weighted by Crippen LogP contribution is 2.22. The summed E-state index contributed by atoms with van der Waals surface area (Å²) in [6, 6.07) is 11.7. The predicted molar refractivity (Wildman–Crippen MR) is 64.5 cm³/mol. The summed E-state index contributed by atoms with van der Waals surface area (Å²) in [6.45, 7) is 4.09. The number of rotatable bonds is 2. The first-order valence-corrected chi connectivity index (χ1v) is 5.20. The van der Waals surface area contributed by atoms with Crippen molar-refractivity contribution in [3.05, 3.63) is 53.2 Å². The Morgan fingerprint density at radius 1 is 1.12 bits per heavy atom. The Morgan fingerprint density at radius 3 is 2.69 bits per heavy atom. The Balaban J connectivity index is 2.57. The van der Waals surface area contributed by atoms with Crippen LogP contribution in [-0.4, -0.2) is 11.3 Å². The summed E-state index contributed by atoms with van der Waals surface area (Å²) in [7, 11) is 0. The Kier molecular flexibility index (Phi) is 2.82. The molecule has 0 bridgehead atoms. The number of nitrogens with zero attached hydrogens (tertiary/aromatic N) is 1. The van der Waals surface area contributed by atoms with Gasteiger partial charge in [0.15, 0.2) is 6.29 Å². The maximum absolute atomic E-state index is 10.7. The van der Waals surface area contributed by atoms with Crippen LogP contribution in [0.15, 0.2) is 36.4 Å². The van der Waals surface area contributed by atoms with E-state index >= 15 is 0 Å².